The van der Waals surface area contributed by atoms with Crippen molar-refractivity contribution in [1.29, 1.82) is 0 Å². The van der Waals surface area contributed by atoms with Crippen molar-refractivity contribution in [3.63, 3.8) is 0 Å². The van der Waals surface area contributed by atoms with Crippen molar-refractivity contribution in [1.82, 2.24) is 0 Å². The maximum atomic E-state index is 10.9. The van der Waals surface area contributed by atoms with Gasteiger partial charge in [0, 0.05) is 0 Å². The van der Waals surface area contributed by atoms with Gasteiger partial charge in [0.05, 0.1) is 21.0 Å². The number of rotatable bonds is 3. The fourth-order valence-electron chi connectivity index (χ4n) is 1.35. The fourth-order valence-corrected chi connectivity index (χ4v) is 2.63. The maximum Gasteiger partial charge on any atom is 0.301 e. The van der Waals surface area contributed by atoms with E-state index in [0.717, 1.165) is 10.7 Å². The standard InChI is InChI=1S/C11H8ClNO3S/c1-7-9(5-6-16-7)17-10-4-2-3-8(12)11(10)13(14)15/h2-6H,1H3. The van der Waals surface area contributed by atoms with E-state index in [9.17, 15) is 10.1 Å². The van der Waals surface area contributed by atoms with Crippen LogP contribution in [0.15, 0.2) is 44.7 Å². The summed E-state index contributed by atoms with van der Waals surface area (Å²) in [5, 5.41) is 11.1. The van der Waals surface area contributed by atoms with Gasteiger partial charge in [-0.3, -0.25) is 10.1 Å². The minimum atomic E-state index is -0.472. The van der Waals surface area contributed by atoms with Crippen LogP contribution in [0.5, 0.6) is 0 Å². The van der Waals surface area contributed by atoms with Crippen LogP contribution >= 0.6 is 23.4 Å². The monoisotopic (exact) mass is 269 g/mol. The number of para-hydroxylation sites is 1. The van der Waals surface area contributed by atoms with Gasteiger partial charge in [0.25, 0.3) is 0 Å². The number of hydrogen-bond donors (Lipinski definition) is 0. The molecule has 0 N–H and O–H groups in total. The van der Waals surface area contributed by atoms with Gasteiger partial charge in [0.1, 0.15) is 10.8 Å². The molecule has 0 atom stereocenters. The minimum Gasteiger partial charge on any atom is -0.468 e. The molecule has 17 heavy (non-hydrogen) atoms. The van der Waals surface area contributed by atoms with Crippen LogP contribution < -0.4 is 0 Å². The second kappa shape index (κ2) is 4.81. The second-order valence-electron chi connectivity index (χ2n) is 3.29. The molecule has 2 aromatic rings. The summed E-state index contributed by atoms with van der Waals surface area (Å²) in [5.74, 6) is 0.726. The highest BCUT2D eigenvalue weighted by Crippen LogP contribution is 2.40. The first-order chi connectivity index (χ1) is 8.09. The van der Waals surface area contributed by atoms with Crippen LogP contribution in [0.1, 0.15) is 5.76 Å². The summed E-state index contributed by atoms with van der Waals surface area (Å²) >= 11 is 7.10. The average Bonchev–Trinajstić information content (AvgIpc) is 2.64. The van der Waals surface area contributed by atoms with Crippen molar-refractivity contribution in [2.75, 3.05) is 0 Å². The van der Waals surface area contributed by atoms with Gasteiger partial charge in [-0.15, -0.1) is 0 Å². The lowest BCUT2D eigenvalue weighted by Gasteiger charge is -2.02. The van der Waals surface area contributed by atoms with Gasteiger partial charge in [-0.05, 0) is 25.1 Å². The summed E-state index contributed by atoms with van der Waals surface area (Å²) in [6.07, 6.45) is 1.55. The first-order valence-corrected chi connectivity index (χ1v) is 5.94. The predicted octanol–water partition coefficient (Wildman–Crippen LogP) is 4.30. The van der Waals surface area contributed by atoms with Gasteiger partial charge in [-0.1, -0.05) is 29.4 Å². The topological polar surface area (TPSA) is 56.3 Å². The number of nitro groups is 1. The highest BCUT2D eigenvalue weighted by molar-refractivity contribution is 7.99. The van der Waals surface area contributed by atoms with Crippen LogP contribution in [0, 0.1) is 17.0 Å². The molecule has 0 fully saturated rings. The van der Waals surface area contributed by atoms with Crippen molar-refractivity contribution in [3.8, 4) is 0 Å². The van der Waals surface area contributed by atoms with Crippen LogP contribution in [0.2, 0.25) is 5.02 Å². The van der Waals surface area contributed by atoms with E-state index < -0.39 is 4.92 Å². The molecule has 0 radical (unpaired) electrons. The van der Waals surface area contributed by atoms with Gasteiger partial charge in [-0.25, -0.2) is 0 Å². The molecule has 1 aromatic heterocycles. The van der Waals surface area contributed by atoms with Gasteiger partial charge in [0.2, 0.25) is 0 Å². The summed E-state index contributed by atoms with van der Waals surface area (Å²) < 4.78 is 5.14. The number of furan rings is 1. The molecule has 1 heterocycles. The van der Waals surface area contributed by atoms with Crippen molar-refractivity contribution < 1.29 is 9.34 Å². The van der Waals surface area contributed by atoms with Gasteiger partial charge in [-0.2, -0.15) is 0 Å². The van der Waals surface area contributed by atoms with E-state index in [1.807, 2.05) is 0 Å². The van der Waals surface area contributed by atoms with Crippen LogP contribution in [-0.4, -0.2) is 4.92 Å². The summed E-state index contributed by atoms with van der Waals surface area (Å²) in [4.78, 5) is 11.8. The molecular formula is C11H8ClNO3S. The van der Waals surface area contributed by atoms with Crippen molar-refractivity contribution >= 4 is 29.1 Å². The smallest absolute Gasteiger partial charge is 0.301 e. The molecule has 0 aliphatic heterocycles. The number of nitrogens with zero attached hydrogens (tertiary/aromatic N) is 1. The maximum absolute atomic E-state index is 10.9. The van der Waals surface area contributed by atoms with E-state index in [0.29, 0.717) is 4.90 Å². The third-order valence-electron chi connectivity index (χ3n) is 2.16. The Morgan fingerprint density at radius 1 is 1.35 bits per heavy atom. The summed E-state index contributed by atoms with van der Waals surface area (Å²) in [6, 6.07) is 6.63. The molecule has 6 heteroatoms. The Kier molecular flexibility index (Phi) is 3.40. The van der Waals surface area contributed by atoms with E-state index in [1.54, 1.807) is 31.4 Å². The summed E-state index contributed by atoms with van der Waals surface area (Å²) in [5.41, 5.74) is -0.0697. The molecule has 1 aromatic carbocycles. The zero-order valence-corrected chi connectivity index (χ0v) is 10.4. The lowest BCUT2D eigenvalue weighted by atomic mass is 10.3. The Morgan fingerprint density at radius 3 is 2.71 bits per heavy atom. The fraction of sp³-hybridized carbons (Fsp3) is 0.0909. The minimum absolute atomic E-state index is 0.0697. The Morgan fingerprint density at radius 2 is 2.12 bits per heavy atom. The number of hydrogen-bond acceptors (Lipinski definition) is 4. The highest BCUT2D eigenvalue weighted by atomic mass is 35.5. The van der Waals surface area contributed by atoms with E-state index >= 15 is 0 Å². The van der Waals surface area contributed by atoms with Crippen LogP contribution in [-0.2, 0) is 0 Å². The Balaban J connectivity index is 2.43. The zero-order chi connectivity index (χ0) is 12.4. The van der Waals surface area contributed by atoms with Crippen molar-refractivity contribution in [3.05, 3.63) is 51.4 Å². The quantitative estimate of drug-likeness (QED) is 0.616. The third kappa shape index (κ3) is 2.45. The molecule has 2 rings (SSSR count). The van der Waals surface area contributed by atoms with Gasteiger partial charge < -0.3 is 4.42 Å². The molecule has 0 aliphatic carbocycles. The molecular weight excluding hydrogens is 262 g/mol. The molecule has 0 bridgehead atoms. The first kappa shape index (κ1) is 12.0. The van der Waals surface area contributed by atoms with Crippen LogP contribution in [0.4, 0.5) is 5.69 Å². The molecule has 0 unspecified atom stereocenters. The zero-order valence-electron chi connectivity index (χ0n) is 8.84. The van der Waals surface area contributed by atoms with E-state index in [-0.39, 0.29) is 10.7 Å². The van der Waals surface area contributed by atoms with Crippen LogP contribution in [0.25, 0.3) is 0 Å². The summed E-state index contributed by atoms with van der Waals surface area (Å²) in [7, 11) is 0. The normalized spacial score (nSPS) is 10.5. The lowest BCUT2D eigenvalue weighted by molar-refractivity contribution is -0.387. The number of benzene rings is 1. The van der Waals surface area contributed by atoms with Crippen molar-refractivity contribution in [2.45, 2.75) is 16.7 Å². The second-order valence-corrected chi connectivity index (χ2v) is 4.78. The molecule has 0 amide bonds. The lowest BCUT2D eigenvalue weighted by Crippen LogP contribution is -1.91. The molecule has 0 aliphatic rings. The number of halogens is 1. The van der Waals surface area contributed by atoms with E-state index in [4.69, 9.17) is 16.0 Å². The Hall–Kier alpha value is -1.46. The van der Waals surface area contributed by atoms with E-state index in [2.05, 4.69) is 0 Å². The molecule has 88 valence electrons. The SMILES string of the molecule is Cc1occc1Sc1cccc(Cl)c1[N+](=O)[O-]. The first-order valence-electron chi connectivity index (χ1n) is 4.74. The highest BCUT2D eigenvalue weighted by Gasteiger charge is 2.20. The third-order valence-corrected chi connectivity index (χ3v) is 3.66. The average molecular weight is 270 g/mol. The van der Waals surface area contributed by atoms with Crippen molar-refractivity contribution in [2.24, 2.45) is 0 Å². The number of nitro benzene ring substituents is 1. The van der Waals surface area contributed by atoms with Gasteiger partial charge >= 0.3 is 5.69 Å². The largest absolute Gasteiger partial charge is 0.468 e. The molecule has 0 spiro atoms. The molecule has 0 saturated heterocycles. The molecule has 4 nitrogen and oxygen atoms in total. The van der Waals surface area contributed by atoms with Gasteiger partial charge in [0.15, 0.2) is 0 Å². The summed E-state index contributed by atoms with van der Waals surface area (Å²) in [6.45, 7) is 1.80. The van der Waals surface area contributed by atoms with Crippen LogP contribution in [0.3, 0.4) is 0 Å². The number of aryl methyl sites for hydroxylation is 1. The van der Waals surface area contributed by atoms with E-state index in [1.165, 1.54) is 17.8 Å². The molecule has 0 saturated carbocycles. The Bertz CT molecular complexity index is 568. The predicted molar refractivity (Wildman–Crippen MR) is 65.7 cm³/mol. The Labute approximate surface area is 107 Å².